The zero-order valence-corrected chi connectivity index (χ0v) is 14.0. The topological polar surface area (TPSA) is 38.8 Å². The predicted molar refractivity (Wildman–Crippen MR) is 84.8 cm³/mol. The summed E-state index contributed by atoms with van der Waals surface area (Å²) in [4.78, 5) is 18.1. The van der Waals surface area contributed by atoms with Gasteiger partial charge in [-0.3, -0.25) is 9.80 Å². The molecule has 24 heavy (non-hydrogen) atoms. The number of piperazine rings is 1. The van der Waals surface area contributed by atoms with Crippen LogP contribution >= 0.6 is 0 Å². The van der Waals surface area contributed by atoms with E-state index >= 15 is 0 Å². The SMILES string of the molecule is O=C(NCC1CCN(CC(F)(F)F)CC1)N1CCN2CCCC2C1. The third-order valence-corrected chi connectivity index (χ3v) is 5.53. The minimum Gasteiger partial charge on any atom is -0.338 e. The number of halogens is 3. The Bertz CT molecular complexity index is 438. The molecular formula is C16H27F3N4O. The Labute approximate surface area is 141 Å². The van der Waals surface area contributed by atoms with Gasteiger partial charge in [0.1, 0.15) is 0 Å². The molecule has 3 saturated heterocycles. The average Bonchev–Trinajstić information content (AvgIpc) is 3.00. The highest BCUT2D eigenvalue weighted by Gasteiger charge is 2.34. The Kier molecular flexibility index (Phi) is 5.54. The lowest BCUT2D eigenvalue weighted by molar-refractivity contribution is -0.148. The van der Waals surface area contributed by atoms with Crippen molar-refractivity contribution in [3.63, 3.8) is 0 Å². The van der Waals surface area contributed by atoms with E-state index in [2.05, 4.69) is 10.2 Å². The molecule has 0 aliphatic carbocycles. The maximum absolute atomic E-state index is 12.4. The van der Waals surface area contributed by atoms with E-state index in [1.807, 2.05) is 4.90 Å². The fourth-order valence-electron chi connectivity index (χ4n) is 4.12. The summed E-state index contributed by atoms with van der Waals surface area (Å²) in [7, 11) is 0. The van der Waals surface area contributed by atoms with Crippen molar-refractivity contribution < 1.29 is 18.0 Å². The highest BCUT2D eigenvalue weighted by atomic mass is 19.4. The summed E-state index contributed by atoms with van der Waals surface area (Å²) < 4.78 is 37.1. The second kappa shape index (κ2) is 7.47. The number of urea groups is 1. The van der Waals surface area contributed by atoms with E-state index in [-0.39, 0.29) is 11.9 Å². The molecule has 1 atom stereocenters. The lowest BCUT2D eigenvalue weighted by Crippen LogP contribution is -2.55. The number of carbonyl (C=O) groups excluding carboxylic acids is 1. The van der Waals surface area contributed by atoms with Crippen molar-refractivity contribution in [2.24, 2.45) is 5.92 Å². The van der Waals surface area contributed by atoms with Gasteiger partial charge in [-0.05, 0) is 51.2 Å². The largest absolute Gasteiger partial charge is 0.401 e. The van der Waals surface area contributed by atoms with Crippen LogP contribution in [0.1, 0.15) is 25.7 Å². The van der Waals surface area contributed by atoms with Crippen LogP contribution in [0.5, 0.6) is 0 Å². The molecule has 0 spiro atoms. The van der Waals surface area contributed by atoms with Crippen LogP contribution in [0.3, 0.4) is 0 Å². The van der Waals surface area contributed by atoms with E-state index in [1.54, 1.807) is 0 Å². The van der Waals surface area contributed by atoms with Crippen molar-refractivity contribution in [3.8, 4) is 0 Å². The molecule has 3 aliphatic heterocycles. The number of piperidine rings is 1. The number of hydrogen-bond donors (Lipinski definition) is 1. The Balaban J connectivity index is 1.35. The number of nitrogens with one attached hydrogen (secondary N) is 1. The van der Waals surface area contributed by atoms with Crippen LogP contribution in [0, 0.1) is 5.92 Å². The van der Waals surface area contributed by atoms with Gasteiger partial charge in [0.05, 0.1) is 6.54 Å². The molecule has 138 valence electrons. The molecule has 3 fully saturated rings. The van der Waals surface area contributed by atoms with Crippen molar-refractivity contribution in [2.75, 3.05) is 52.4 Å². The van der Waals surface area contributed by atoms with Gasteiger partial charge in [0.15, 0.2) is 0 Å². The first-order valence-electron chi connectivity index (χ1n) is 8.96. The average molecular weight is 348 g/mol. The molecule has 2 amide bonds. The third-order valence-electron chi connectivity index (χ3n) is 5.53. The van der Waals surface area contributed by atoms with Gasteiger partial charge in [-0.25, -0.2) is 4.79 Å². The number of likely N-dealkylation sites (tertiary alicyclic amines) is 1. The number of carbonyl (C=O) groups is 1. The van der Waals surface area contributed by atoms with E-state index in [1.165, 1.54) is 17.7 Å². The fourth-order valence-corrected chi connectivity index (χ4v) is 4.12. The van der Waals surface area contributed by atoms with Gasteiger partial charge in [0.2, 0.25) is 0 Å². The van der Waals surface area contributed by atoms with Crippen molar-refractivity contribution >= 4 is 6.03 Å². The van der Waals surface area contributed by atoms with Crippen LogP contribution in [-0.2, 0) is 0 Å². The molecular weight excluding hydrogens is 321 g/mol. The Morgan fingerprint density at radius 2 is 1.79 bits per heavy atom. The number of nitrogens with zero attached hydrogens (tertiary/aromatic N) is 3. The van der Waals surface area contributed by atoms with Crippen LogP contribution in [-0.4, -0.2) is 85.3 Å². The quantitative estimate of drug-likeness (QED) is 0.845. The van der Waals surface area contributed by atoms with Gasteiger partial charge in [-0.15, -0.1) is 0 Å². The van der Waals surface area contributed by atoms with Gasteiger partial charge in [0.25, 0.3) is 0 Å². The fraction of sp³-hybridized carbons (Fsp3) is 0.938. The monoisotopic (exact) mass is 348 g/mol. The number of fused-ring (bicyclic) bond motifs is 1. The molecule has 0 saturated carbocycles. The minimum absolute atomic E-state index is 0.0146. The van der Waals surface area contributed by atoms with Gasteiger partial charge in [-0.1, -0.05) is 0 Å². The van der Waals surface area contributed by atoms with Crippen molar-refractivity contribution in [1.29, 1.82) is 0 Å². The summed E-state index contributed by atoms with van der Waals surface area (Å²) in [6.45, 7) is 4.34. The molecule has 3 aliphatic rings. The minimum atomic E-state index is -4.12. The lowest BCUT2D eigenvalue weighted by atomic mass is 9.97. The molecule has 0 aromatic rings. The summed E-state index contributed by atoms with van der Waals surface area (Å²) >= 11 is 0. The highest BCUT2D eigenvalue weighted by molar-refractivity contribution is 5.74. The summed E-state index contributed by atoms with van der Waals surface area (Å²) in [6.07, 6.45) is -0.305. The molecule has 3 rings (SSSR count). The molecule has 1 N–H and O–H groups in total. The predicted octanol–water partition coefficient (Wildman–Crippen LogP) is 1.75. The van der Waals surface area contributed by atoms with Crippen molar-refractivity contribution in [2.45, 2.75) is 37.9 Å². The maximum atomic E-state index is 12.4. The van der Waals surface area contributed by atoms with Crippen LogP contribution < -0.4 is 5.32 Å². The Morgan fingerprint density at radius 3 is 2.50 bits per heavy atom. The second-order valence-electron chi connectivity index (χ2n) is 7.30. The molecule has 5 nitrogen and oxygen atoms in total. The second-order valence-corrected chi connectivity index (χ2v) is 7.30. The zero-order chi connectivity index (χ0) is 17.2. The van der Waals surface area contributed by atoms with Gasteiger partial charge in [0, 0.05) is 32.2 Å². The smallest absolute Gasteiger partial charge is 0.338 e. The zero-order valence-electron chi connectivity index (χ0n) is 14.0. The molecule has 0 bridgehead atoms. The standard InChI is InChI=1S/C16H27F3N4O/c17-16(18,19)12-21-6-3-13(4-7-21)10-20-15(24)23-9-8-22-5-1-2-14(22)11-23/h13-14H,1-12H2,(H,20,24). The molecule has 0 aromatic heterocycles. The number of alkyl halides is 3. The lowest BCUT2D eigenvalue weighted by Gasteiger charge is -2.38. The first kappa shape index (κ1) is 17.8. The van der Waals surface area contributed by atoms with Crippen LogP contribution in [0.25, 0.3) is 0 Å². The van der Waals surface area contributed by atoms with E-state index in [0.717, 1.165) is 26.2 Å². The molecule has 0 radical (unpaired) electrons. The van der Waals surface area contributed by atoms with E-state index in [9.17, 15) is 18.0 Å². The molecule has 1 unspecified atom stereocenters. The Morgan fingerprint density at radius 1 is 1.04 bits per heavy atom. The van der Waals surface area contributed by atoms with E-state index in [0.29, 0.717) is 38.5 Å². The van der Waals surface area contributed by atoms with Gasteiger partial charge < -0.3 is 10.2 Å². The maximum Gasteiger partial charge on any atom is 0.401 e. The number of amides is 2. The van der Waals surface area contributed by atoms with Crippen LogP contribution in [0.2, 0.25) is 0 Å². The van der Waals surface area contributed by atoms with Crippen LogP contribution in [0.15, 0.2) is 0 Å². The summed E-state index contributed by atoms with van der Waals surface area (Å²) in [5.74, 6) is 0.284. The summed E-state index contributed by atoms with van der Waals surface area (Å²) in [5, 5.41) is 2.99. The van der Waals surface area contributed by atoms with Crippen molar-refractivity contribution in [3.05, 3.63) is 0 Å². The first-order valence-corrected chi connectivity index (χ1v) is 8.96. The number of hydrogen-bond acceptors (Lipinski definition) is 3. The third kappa shape index (κ3) is 4.75. The van der Waals surface area contributed by atoms with Crippen LogP contribution in [0.4, 0.5) is 18.0 Å². The normalized spacial score (nSPS) is 27.3. The molecule has 3 heterocycles. The Hall–Kier alpha value is -1.02. The van der Waals surface area contributed by atoms with Gasteiger partial charge in [-0.2, -0.15) is 13.2 Å². The van der Waals surface area contributed by atoms with E-state index < -0.39 is 12.7 Å². The molecule has 8 heteroatoms. The van der Waals surface area contributed by atoms with Crippen molar-refractivity contribution in [1.82, 2.24) is 20.0 Å². The molecule has 0 aromatic carbocycles. The highest BCUT2D eigenvalue weighted by Crippen LogP contribution is 2.23. The van der Waals surface area contributed by atoms with Gasteiger partial charge >= 0.3 is 12.2 Å². The van der Waals surface area contributed by atoms with E-state index in [4.69, 9.17) is 0 Å². The first-order chi connectivity index (χ1) is 11.4. The number of rotatable bonds is 3. The summed E-state index contributed by atoms with van der Waals surface area (Å²) in [5.41, 5.74) is 0. The summed E-state index contributed by atoms with van der Waals surface area (Å²) in [6, 6.07) is 0.495.